The van der Waals surface area contributed by atoms with Gasteiger partial charge in [0.2, 0.25) is 0 Å². The van der Waals surface area contributed by atoms with Gasteiger partial charge in [0.1, 0.15) is 5.82 Å². The van der Waals surface area contributed by atoms with Gasteiger partial charge in [0.15, 0.2) is 5.65 Å². The molecule has 1 aromatic carbocycles. The first-order valence-electron chi connectivity index (χ1n) is 7.85. The molecule has 1 fully saturated rings. The molecule has 0 saturated carbocycles. The zero-order valence-corrected chi connectivity index (χ0v) is 13.0. The highest BCUT2D eigenvalue weighted by Crippen LogP contribution is 2.25. The van der Waals surface area contributed by atoms with Gasteiger partial charge < -0.3 is 4.74 Å². The van der Waals surface area contributed by atoms with Crippen molar-refractivity contribution in [2.24, 2.45) is 0 Å². The van der Waals surface area contributed by atoms with Crippen molar-refractivity contribution in [2.45, 2.75) is 12.6 Å². The third-order valence-corrected chi connectivity index (χ3v) is 4.22. The molecule has 0 amide bonds. The number of halogens is 1. The summed E-state index contributed by atoms with van der Waals surface area (Å²) in [5.41, 5.74) is 1.72. The van der Waals surface area contributed by atoms with Gasteiger partial charge in [-0.15, -0.1) is 0 Å². The topological polar surface area (TPSA) is 62.6 Å². The summed E-state index contributed by atoms with van der Waals surface area (Å²) in [5, 5.41) is 2.82. The molecule has 2 aromatic heterocycles. The van der Waals surface area contributed by atoms with Crippen molar-refractivity contribution in [1.29, 1.82) is 0 Å². The van der Waals surface area contributed by atoms with Gasteiger partial charge in [0.05, 0.1) is 18.4 Å². The standard InChI is InChI=1S/C17H17FN4O2/c18-14-4-2-1-3-13(14)15-11-21(7-8-24-15)10-12-9-17(23)22-16(20-12)5-6-19-22/h1-6,9,15,19H,7-8,10-11H2/t15-/m1/s1. The number of aromatic amines is 1. The molecule has 0 radical (unpaired) electrons. The van der Waals surface area contributed by atoms with Crippen LogP contribution in [0.4, 0.5) is 4.39 Å². The Morgan fingerprint density at radius 3 is 3.08 bits per heavy atom. The molecule has 1 atom stereocenters. The minimum absolute atomic E-state index is 0.140. The minimum Gasteiger partial charge on any atom is -0.371 e. The Bertz CT molecular complexity index is 920. The first-order chi connectivity index (χ1) is 11.7. The third-order valence-electron chi connectivity index (χ3n) is 4.22. The van der Waals surface area contributed by atoms with Gasteiger partial charge in [-0.3, -0.25) is 14.8 Å². The van der Waals surface area contributed by atoms with Crippen LogP contribution in [0.25, 0.3) is 5.65 Å². The molecular formula is C17H17FN4O2. The second-order valence-electron chi connectivity index (χ2n) is 5.86. The molecule has 0 aliphatic carbocycles. The van der Waals surface area contributed by atoms with E-state index in [1.54, 1.807) is 24.4 Å². The van der Waals surface area contributed by atoms with Crippen LogP contribution in [-0.4, -0.2) is 39.2 Å². The largest absolute Gasteiger partial charge is 0.371 e. The molecule has 7 heteroatoms. The van der Waals surface area contributed by atoms with Crippen molar-refractivity contribution in [2.75, 3.05) is 19.7 Å². The lowest BCUT2D eigenvalue weighted by Crippen LogP contribution is -2.38. The number of nitrogens with zero attached hydrogens (tertiary/aromatic N) is 3. The molecule has 3 heterocycles. The Hall–Kier alpha value is -2.51. The van der Waals surface area contributed by atoms with Crippen LogP contribution in [0.5, 0.6) is 0 Å². The Morgan fingerprint density at radius 2 is 2.21 bits per heavy atom. The minimum atomic E-state index is -0.308. The summed E-state index contributed by atoms with van der Waals surface area (Å²) in [6.07, 6.45) is 1.37. The molecule has 0 unspecified atom stereocenters. The molecule has 1 aliphatic heterocycles. The van der Waals surface area contributed by atoms with Crippen LogP contribution in [0.15, 0.2) is 47.4 Å². The SMILES string of the molecule is O=c1cc(CN2CCO[C@@H](c3ccccc3F)C2)nc2cc[nH]n12. The monoisotopic (exact) mass is 328 g/mol. The summed E-state index contributed by atoms with van der Waals surface area (Å²) >= 11 is 0. The number of fused-ring (bicyclic) bond motifs is 1. The van der Waals surface area contributed by atoms with E-state index in [9.17, 15) is 9.18 Å². The fraction of sp³-hybridized carbons (Fsp3) is 0.294. The van der Waals surface area contributed by atoms with Crippen LogP contribution >= 0.6 is 0 Å². The van der Waals surface area contributed by atoms with E-state index in [2.05, 4.69) is 15.0 Å². The molecule has 24 heavy (non-hydrogen) atoms. The van der Waals surface area contributed by atoms with Gasteiger partial charge in [0.25, 0.3) is 5.56 Å². The van der Waals surface area contributed by atoms with Gasteiger partial charge in [-0.1, -0.05) is 18.2 Å². The molecule has 124 valence electrons. The summed E-state index contributed by atoms with van der Waals surface area (Å²) in [5.74, 6) is -0.255. The van der Waals surface area contributed by atoms with E-state index >= 15 is 0 Å². The number of hydrogen-bond acceptors (Lipinski definition) is 4. The van der Waals surface area contributed by atoms with E-state index in [4.69, 9.17) is 4.74 Å². The number of nitrogens with one attached hydrogen (secondary N) is 1. The van der Waals surface area contributed by atoms with Crippen molar-refractivity contribution in [3.8, 4) is 0 Å². The molecular weight excluding hydrogens is 311 g/mol. The first kappa shape index (κ1) is 15.0. The number of rotatable bonds is 3. The number of hydrogen-bond donors (Lipinski definition) is 1. The Morgan fingerprint density at radius 1 is 1.33 bits per heavy atom. The van der Waals surface area contributed by atoms with Crippen LogP contribution in [0, 0.1) is 5.82 Å². The summed E-state index contributed by atoms with van der Waals surface area (Å²) in [7, 11) is 0. The smallest absolute Gasteiger partial charge is 0.272 e. The summed E-state index contributed by atoms with van der Waals surface area (Å²) in [4.78, 5) is 18.6. The van der Waals surface area contributed by atoms with Gasteiger partial charge in [0, 0.05) is 43.5 Å². The normalized spacial score (nSPS) is 19.0. The zero-order chi connectivity index (χ0) is 16.5. The molecule has 6 nitrogen and oxygen atoms in total. The predicted octanol–water partition coefficient (Wildman–Crippen LogP) is 1.74. The highest BCUT2D eigenvalue weighted by Gasteiger charge is 2.24. The lowest BCUT2D eigenvalue weighted by Gasteiger charge is -2.33. The van der Waals surface area contributed by atoms with Crippen molar-refractivity contribution in [3.63, 3.8) is 0 Å². The van der Waals surface area contributed by atoms with E-state index in [-0.39, 0.29) is 17.5 Å². The van der Waals surface area contributed by atoms with Crippen molar-refractivity contribution >= 4 is 5.65 Å². The highest BCUT2D eigenvalue weighted by molar-refractivity contribution is 5.36. The Balaban J connectivity index is 1.54. The van der Waals surface area contributed by atoms with Gasteiger partial charge in [-0.05, 0) is 6.07 Å². The van der Waals surface area contributed by atoms with E-state index in [1.165, 1.54) is 16.6 Å². The molecule has 1 aliphatic rings. The molecule has 1 saturated heterocycles. The molecule has 4 rings (SSSR count). The number of aromatic nitrogens is 3. The fourth-order valence-corrected chi connectivity index (χ4v) is 3.06. The van der Waals surface area contributed by atoms with Crippen LogP contribution in [0.1, 0.15) is 17.4 Å². The van der Waals surface area contributed by atoms with Gasteiger partial charge in [-0.25, -0.2) is 13.9 Å². The maximum Gasteiger partial charge on any atom is 0.272 e. The second kappa shape index (κ2) is 6.18. The lowest BCUT2D eigenvalue weighted by atomic mass is 10.1. The molecule has 0 bridgehead atoms. The number of ether oxygens (including phenoxy) is 1. The quantitative estimate of drug-likeness (QED) is 0.795. The maximum atomic E-state index is 14.0. The van der Waals surface area contributed by atoms with Crippen LogP contribution in [0.3, 0.4) is 0 Å². The van der Waals surface area contributed by atoms with E-state index in [1.807, 2.05) is 6.07 Å². The van der Waals surface area contributed by atoms with Gasteiger partial charge in [-0.2, -0.15) is 0 Å². The van der Waals surface area contributed by atoms with E-state index in [0.717, 1.165) is 6.54 Å². The Kier molecular flexibility index (Phi) is 3.87. The van der Waals surface area contributed by atoms with Gasteiger partial charge >= 0.3 is 0 Å². The Labute approximate surface area is 137 Å². The number of H-pyrrole nitrogens is 1. The summed E-state index contributed by atoms with van der Waals surface area (Å²) in [6, 6.07) is 9.95. The third kappa shape index (κ3) is 2.83. The zero-order valence-electron chi connectivity index (χ0n) is 13.0. The van der Waals surface area contributed by atoms with Crippen molar-refractivity contribution in [1.82, 2.24) is 19.5 Å². The summed E-state index contributed by atoms with van der Waals surface area (Å²) in [6.45, 7) is 2.34. The molecule has 0 spiro atoms. The highest BCUT2D eigenvalue weighted by atomic mass is 19.1. The van der Waals surface area contributed by atoms with Crippen LogP contribution in [0.2, 0.25) is 0 Å². The average molecular weight is 328 g/mol. The number of benzene rings is 1. The molecule has 3 aromatic rings. The summed E-state index contributed by atoms with van der Waals surface area (Å²) < 4.78 is 21.1. The predicted molar refractivity (Wildman–Crippen MR) is 86.2 cm³/mol. The van der Waals surface area contributed by atoms with Crippen LogP contribution in [-0.2, 0) is 11.3 Å². The lowest BCUT2D eigenvalue weighted by molar-refractivity contribution is -0.0348. The first-order valence-corrected chi connectivity index (χ1v) is 7.85. The maximum absolute atomic E-state index is 14.0. The van der Waals surface area contributed by atoms with Crippen molar-refractivity contribution in [3.05, 3.63) is 70.0 Å². The number of morpholine rings is 1. The van der Waals surface area contributed by atoms with E-state index in [0.29, 0.717) is 36.6 Å². The molecule has 1 N–H and O–H groups in total. The van der Waals surface area contributed by atoms with Crippen molar-refractivity contribution < 1.29 is 9.13 Å². The van der Waals surface area contributed by atoms with Crippen LogP contribution < -0.4 is 5.56 Å². The fourth-order valence-electron chi connectivity index (χ4n) is 3.06. The van der Waals surface area contributed by atoms with E-state index < -0.39 is 0 Å². The average Bonchev–Trinajstić information content (AvgIpc) is 3.05. The second-order valence-corrected chi connectivity index (χ2v) is 5.86.